The highest BCUT2D eigenvalue weighted by atomic mass is 19.1. The molecule has 0 radical (unpaired) electrons. The molecule has 0 bridgehead atoms. The van der Waals surface area contributed by atoms with Gasteiger partial charge in [-0.1, -0.05) is 0 Å². The van der Waals surface area contributed by atoms with Gasteiger partial charge in [0.2, 0.25) is 0 Å². The number of nitrogens with zero attached hydrogens (tertiary/aromatic N) is 3. The number of hydrogen-bond donors (Lipinski definition) is 0. The number of aromatic nitrogens is 1. The van der Waals surface area contributed by atoms with Crippen molar-refractivity contribution in [1.29, 1.82) is 5.26 Å². The zero-order valence-electron chi connectivity index (χ0n) is 14.4. The van der Waals surface area contributed by atoms with E-state index in [9.17, 15) is 14.4 Å². The van der Waals surface area contributed by atoms with Gasteiger partial charge in [0.25, 0.3) is 0 Å². The molecule has 1 aliphatic rings. The summed E-state index contributed by atoms with van der Waals surface area (Å²) in [6, 6.07) is 9.93. The summed E-state index contributed by atoms with van der Waals surface area (Å²) in [5.41, 5.74) is 3.69. The Kier molecular flexibility index (Phi) is 4.80. The van der Waals surface area contributed by atoms with E-state index < -0.39 is 0 Å². The number of pyridine rings is 1. The van der Waals surface area contributed by atoms with Crippen molar-refractivity contribution < 1.29 is 9.18 Å². The van der Waals surface area contributed by atoms with Crippen LogP contribution in [0.5, 0.6) is 0 Å². The molecule has 1 saturated heterocycles. The number of rotatable bonds is 3. The summed E-state index contributed by atoms with van der Waals surface area (Å²) in [5, 5.41) is 9.43. The van der Waals surface area contributed by atoms with E-state index in [-0.39, 0.29) is 17.5 Å². The number of aryl methyl sites for hydroxylation is 2. The Morgan fingerprint density at radius 3 is 2.48 bits per heavy atom. The van der Waals surface area contributed by atoms with Crippen LogP contribution in [0.2, 0.25) is 0 Å². The first-order chi connectivity index (χ1) is 12.0. The summed E-state index contributed by atoms with van der Waals surface area (Å²) in [6.45, 7) is 5.20. The number of carbonyl (C=O) groups is 1. The van der Waals surface area contributed by atoms with Gasteiger partial charge in [-0.25, -0.2) is 4.39 Å². The van der Waals surface area contributed by atoms with Crippen LogP contribution >= 0.6 is 0 Å². The van der Waals surface area contributed by atoms with Crippen molar-refractivity contribution in [1.82, 2.24) is 4.98 Å². The molecule has 128 valence electrons. The van der Waals surface area contributed by atoms with Crippen LogP contribution in [0.4, 0.5) is 10.1 Å². The molecule has 0 amide bonds. The molecule has 1 fully saturated rings. The van der Waals surface area contributed by atoms with Gasteiger partial charge in [-0.2, -0.15) is 5.26 Å². The van der Waals surface area contributed by atoms with Crippen LogP contribution in [0, 0.1) is 36.9 Å². The van der Waals surface area contributed by atoms with Gasteiger partial charge in [0.1, 0.15) is 11.9 Å². The highest BCUT2D eigenvalue weighted by molar-refractivity contribution is 5.98. The quantitative estimate of drug-likeness (QED) is 0.799. The molecular weight excluding hydrogens is 317 g/mol. The van der Waals surface area contributed by atoms with Gasteiger partial charge in [0, 0.05) is 30.3 Å². The SMILES string of the molecule is Cc1cc(N2CCC(C(=O)c3ccc(F)cc3)CC2)c(C#N)c(C)n1. The maximum Gasteiger partial charge on any atom is 0.166 e. The van der Waals surface area contributed by atoms with Crippen molar-refractivity contribution in [2.24, 2.45) is 5.92 Å². The summed E-state index contributed by atoms with van der Waals surface area (Å²) in [4.78, 5) is 19.1. The third-order valence-corrected chi connectivity index (χ3v) is 4.75. The molecule has 1 aliphatic heterocycles. The average molecular weight is 337 g/mol. The molecule has 25 heavy (non-hydrogen) atoms. The lowest BCUT2D eigenvalue weighted by atomic mass is 9.88. The summed E-state index contributed by atoms with van der Waals surface area (Å²) in [7, 11) is 0. The highest BCUT2D eigenvalue weighted by Crippen LogP contribution is 2.29. The summed E-state index contributed by atoms with van der Waals surface area (Å²) >= 11 is 0. The van der Waals surface area contributed by atoms with E-state index in [0.29, 0.717) is 11.1 Å². The van der Waals surface area contributed by atoms with E-state index in [1.54, 1.807) is 12.1 Å². The van der Waals surface area contributed by atoms with E-state index in [1.165, 1.54) is 12.1 Å². The number of Topliss-reactive ketones (excluding diaryl/α,β-unsaturated/α-hetero) is 1. The van der Waals surface area contributed by atoms with E-state index in [1.807, 2.05) is 19.9 Å². The average Bonchev–Trinajstić information content (AvgIpc) is 2.61. The molecule has 5 heteroatoms. The number of anilines is 1. The second kappa shape index (κ2) is 7.02. The second-order valence-electron chi connectivity index (χ2n) is 6.49. The van der Waals surface area contributed by atoms with Crippen molar-refractivity contribution in [3.63, 3.8) is 0 Å². The number of ketones is 1. The van der Waals surface area contributed by atoms with Gasteiger partial charge in [-0.15, -0.1) is 0 Å². The number of benzene rings is 1. The number of nitriles is 1. The van der Waals surface area contributed by atoms with Crippen molar-refractivity contribution in [3.8, 4) is 6.07 Å². The van der Waals surface area contributed by atoms with Crippen LogP contribution < -0.4 is 4.90 Å². The van der Waals surface area contributed by atoms with Crippen LogP contribution in [-0.4, -0.2) is 23.9 Å². The van der Waals surface area contributed by atoms with E-state index in [0.717, 1.165) is 43.0 Å². The summed E-state index contributed by atoms with van der Waals surface area (Å²) in [5.74, 6) is -0.322. The molecule has 1 aromatic carbocycles. The molecule has 0 unspecified atom stereocenters. The zero-order chi connectivity index (χ0) is 18.0. The Morgan fingerprint density at radius 2 is 1.88 bits per heavy atom. The van der Waals surface area contributed by atoms with Crippen molar-refractivity contribution in [2.45, 2.75) is 26.7 Å². The topological polar surface area (TPSA) is 57.0 Å². The van der Waals surface area contributed by atoms with Crippen LogP contribution in [0.25, 0.3) is 0 Å². The third-order valence-electron chi connectivity index (χ3n) is 4.75. The molecular formula is C20H20FN3O. The molecule has 2 aromatic rings. The first kappa shape index (κ1) is 17.1. The second-order valence-corrected chi connectivity index (χ2v) is 6.49. The Labute approximate surface area is 146 Å². The first-order valence-electron chi connectivity index (χ1n) is 8.42. The van der Waals surface area contributed by atoms with Gasteiger partial charge in [0.05, 0.1) is 16.9 Å². The van der Waals surface area contributed by atoms with Gasteiger partial charge in [-0.05, 0) is 57.0 Å². The Balaban J connectivity index is 1.73. The fourth-order valence-electron chi connectivity index (χ4n) is 3.43. The Hall–Kier alpha value is -2.74. The fraction of sp³-hybridized carbons (Fsp3) is 0.350. The monoisotopic (exact) mass is 337 g/mol. The smallest absolute Gasteiger partial charge is 0.166 e. The number of hydrogen-bond acceptors (Lipinski definition) is 4. The zero-order valence-corrected chi connectivity index (χ0v) is 14.4. The minimum Gasteiger partial charge on any atom is -0.370 e. The van der Waals surface area contributed by atoms with Crippen LogP contribution in [0.3, 0.4) is 0 Å². The maximum atomic E-state index is 13.0. The number of halogens is 1. The molecule has 0 N–H and O–H groups in total. The molecule has 3 rings (SSSR count). The standard InChI is InChI=1S/C20H20FN3O/c1-13-11-19(18(12-22)14(2)23-13)24-9-7-16(8-10-24)20(25)15-3-5-17(21)6-4-15/h3-6,11,16H,7-10H2,1-2H3. The lowest BCUT2D eigenvalue weighted by Crippen LogP contribution is -2.37. The molecule has 0 atom stereocenters. The lowest BCUT2D eigenvalue weighted by molar-refractivity contribution is 0.0900. The van der Waals surface area contributed by atoms with Gasteiger partial charge in [-0.3, -0.25) is 9.78 Å². The van der Waals surface area contributed by atoms with Crippen molar-refractivity contribution in [2.75, 3.05) is 18.0 Å². The third kappa shape index (κ3) is 3.53. The van der Waals surface area contributed by atoms with E-state index in [4.69, 9.17) is 0 Å². The van der Waals surface area contributed by atoms with Crippen LogP contribution in [-0.2, 0) is 0 Å². The van der Waals surface area contributed by atoms with E-state index >= 15 is 0 Å². The van der Waals surface area contributed by atoms with Gasteiger partial charge in [0.15, 0.2) is 5.78 Å². The predicted molar refractivity (Wildman–Crippen MR) is 94.1 cm³/mol. The molecule has 1 aromatic heterocycles. The summed E-state index contributed by atoms with van der Waals surface area (Å²) < 4.78 is 13.0. The lowest BCUT2D eigenvalue weighted by Gasteiger charge is -2.33. The highest BCUT2D eigenvalue weighted by Gasteiger charge is 2.27. The largest absolute Gasteiger partial charge is 0.370 e. The fourth-order valence-corrected chi connectivity index (χ4v) is 3.43. The molecule has 4 nitrogen and oxygen atoms in total. The minimum absolute atomic E-state index is 0.0590. The Morgan fingerprint density at radius 1 is 1.24 bits per heavy atom. The van der Waals surface area contributed by atoms with Crippen LogP contribution in [0.1, 0.15) is 40.2 Å². The number of piperidine rings is 1. The van der Waals surface area contributed by atoms with Crippen molar-refractivity contribution in [3.05, 3.63) is 58.7 Å². The van der Waals surface area contributed by atoms with Crippen LogP contribution in [0.15, 0.2) is 30.3 Å². The van der Waals surface area contributed by atoms with E-state index in [2.05, 4.69) is 16.0 Å². The van der Waals surface area contributed by atoms with Crippen molar-refractivity contribution >= 4 is 11.5 Å². The summed E-state index contributed by atoms with van der Waals surface area (Å²) in [6.07, 6.45) is 1.45. The predicted octanol–water partition coefficient (Wildman–Crippen LogP) is 3.81. The normalized spacial score (nSPS) is 15.0. The molecule has 0 aliphatic carbocycles. The van der Waals surface area contributed by atoms with Gasteiger partial charge >= 0.3 is 0 Å². The number of carbonyl (C=O) groups excluding carboxylic acids is 1. The molecule has 0 spiro atoms. The molecule has 2 heterocycles. The maximum absolute atomic E-state index is 13.0. The Bertz CT molecular complexity index is 831. The molecule has 0 saturated carbocycles. The van der Waals surface area contributed by atoms with Gasteiger partial charge < -0.3 is 4.90 Å². The minimum atomic E-state index is -0.334. The first-order valence-corrected chi connectivity index (χ1v) is 8.42.